The van der Waals surface area contributed by atoms with E-state index in [0.29, 0.717) is 0 Å². The summed E-state index contributed by atoms with van der Waals surface area (Å²) in [4.78, 5) is 4.62. The third-order valence-corrected chi connectivity index (χ3v) is 3.90. The van der Waals surface area contributed by atoms with Gasteiger partial charge in [-0.25, -0.2) is 4.98 Å². The Bertz CT molecular complexity index is 680. The standard InChI is InChI=1S/C15H14N2S/c1-10(16)14-9-18-15(17-14)13-8-4-6-11-5-2-3-7-12(11)13/h2-10H,16H2,1H3. The Balaban J connectivity index is 2.18. The van der Waals surface area contributed by atoms with Gasteiger partial charge in [-0.1, -0.05) is 42.5 Å². The maximum Gasteiger partial charge on any atom is 0.124 e. The van der Waals surface area contributed by atoms with E-state index in [-0.39, 0.29) is 6.04 Å². The lowest BCUT2D eigenvalue weighted by atomic mass is 10.1. The zero-order valence-corrected chi connectivity index (χ0v) is 10.9. The van der Waals surface area contributed by atoms with Crippen LogP contribution in [0, 0.1) is 0 Å². The van der Waals surface area contributed by atoms with Gasteiger partial charge in [0.25, 0.3) is 0 Å². The van der Waals surface area contributed by atoms with Gasteiger partial charge in [-0.05, 0) is 17.7 Å². The second-order valence-electron chi connectivity index (χ2n) is 4.39. The number of aromatic nitrogens is 1. The van der Waals surface area contributed by atoms with Gasteiger partial charge >= 0.3 is 0 Å². The zero-order valence-electron chi connectivity index (χ0n) is 10.1. The van der Waals surface area contributed by atoms with Crippen LogP contribution in [0.15, 0.2) is 47.8 Å². The molecule has 2 N–H and O–H groups in total. The van der Waals surface area contributed by atoms with Crippen molar-refractivity contribution in [2.75, 3.05) is 0 Å². The van der Waals surface area contributed by atoms with Crippen molar-refractivity contribution < 1.29 is 0 Å². The van der Waals surface area contributed by atoms with Crippen LogP contribution >= 0.6 is 11.3 Å². The second kappa shape index (κ2) is 4.52. The molecule has 2 nitrogen and oxygen atoms in total. The van der Waals surface area contributed by atoms with Gasteiger partial charge in [0, 0.05) is 17.0 Å². The molecule has 0 aliphatic heterocycles. The van der Waals surface area contributed by atoms with Gasteiger partial charge in [-0.15, -0.1) is 11.3 Å². The number of nitrogens with zero attached hydrogens (tertiary/aromatic N) is 1. The number of benzene rings is 2. The first kappa shape index (κ1) is 11.4. The lowest BCUT2D eigenvalue weighted by molar-refractivity contribution is 0.790. The number of rotatable bonds is 2. The maximum atomic E-state index is 5.86. The molecule has 0 bridgehead atoms. The molecule has 0 amide bonds. The highest BCUT2D eigenvalue weighted by molar-refractivity contribution is 7.13. The van der Waals surface area contributed by atoms with E-state index in [1.165, 1.54) is 16.3 Å². The van der Waals surface area contributed by atoms with Crippen molar-refractivity contribution in [1.29, 1.82) is 0 Å². The molecule has 3 heteroatoms. The molecule has 18 heavy (non-hydrogen) atoms. The Labute approximate surface area is 110 Å². The molecule has 1 unspecified atom stereocenters. The van der Waals surface area contributed by atoms with Crippen molar-refractivity contribution in [2.24, 2.45) is 5.73 Å². The molecule has 1 aromatic heterocycles. The Hall–Kier alpha value is -1.71. The van der Waals surface area contributed by atoms with Crippen molar-refractivity contribution in [3.05, 3.63) is 53.5 Å². The molecule has 0 saturated carbocycles. The summed E-state index contributed by atoms with van der Waals surface area (Å²) in [5, 5.41) is 5.57. The fraction of sp³-hybridized carbons (Fsp3) is 0.133. The van der Waals surface area contributed by atoms with Crippen molar-refractivity contribution in [1.82, 2.24) is 4.98 Å². The van der Waals surface area contributed by atoms with Crippen molar-refractivity contribution in [3.63, 3.8) is 0 Å². The van der Waals surface area contributed by atoms with Gasteiger partial charge in [0.2, 0.25) is 0 Å². The quantitative estimate of drug-likeness (QED) is 0.751. The first-order valence-electron chi connectivity index (χ1n) is 5.95. The largest absolute Gasteiger partial charge is 0.323 e. The van der Waals surface area contributed by atoms with Gasteiger partial charge in [0.1, 0.15) is 5.01 Å². The molecular weight excluding hydrogens is 240 g/mol. The van der Waals surface area contributed by atoms with E-state index in [4.69, 9.17) is 5.73 Å². The summed E-state index contributed by atoms with van der Waals surface area (Å²) in [6.45, 7) is 1.96. The lowest BCUT2D eigenvalue weighted by Crippen LogP contribution is -2.04. The molecule has 3 aromatic rings. The van der Waals surface area contributed by atoms with Crippen LogP contribution < -0.4 is 5.73 Å². The minimum Gasteiger partial charge on any atom is -0.323 e. The van der Waals surface area contributed by atoms with E-state index < -0.39 is 0 Å². The second-order valence-corrected chi connectivity index (χ2v) is 5.25. The van der Waals surface area contributed by atoms with Crippen LogP contribution in [-0.4, -0.2) is 4.98 Å². The number of nitrogens with two attached hydrogens (primary N) is 1. The zero-order chi connectivity index (χ0) is 12.5. The summed E-state index contributed by atoms with van der Waals surface area (Å²) >= 11 is 1.65. The third kappa shape index (κ3) is 1.92. The minimum atomic E-state index is -0.00928. The van der Waals surface area contributed by atoms with Crippen LogP contribution in [0.2, 0.25) is 0 Å². The molecule has 0 aliphatic carbocycles. The first-order chi connectivity index (χ1) is 8.75. The number of hydrogen-bond acceptors (Lipinski definition) is 3. The summed E-state index contributed by atoms with van der Waals surface area (Å²) in [7, 11) is 0. The Kier molecular flexibility index (Phi) is 2.86. The highest BCUT2D eigenvalue weighted by atomic mass is 32.1. The summed E-state index contributed by atoms with van der Waals surface area (Å²) in [5.41, 5.74) is 8.01. The molecule has 1 atom stereocenters. The molecule has 0 spiro atoms. The van der Waals surface area contributed by atoms with Gasteiger partial charge in [-0.3, -0.25) is 0 Å². The van der Waals surface area contributed by atoms with Crippen LogP contribution in [-0.2, 0) is 0 Å². The van der Waals surface area contributed by atoms with Crippen LogP contribution in [0.4, 0.5) is 0 Å². The average Bonchev–Trinajstić information content (AvgIpc) is 2.87. The first-order valence-corrected chi connectivity index (χ1v) is 6.83. The molecule has 3 rings (SSSR count). The van der Waals surface area contributed by atoms with Gasteiger partial charge in [0.15, 0.2) is 0 Å². The van der Waals surface area contributed by atoms with Crippen molar-refractivity contribution in [2.45, 2.75) is 13.0 Å². The van der Waals surface area contributed by atoms with E-state index >= 15 is 0 Å². The van der Waals surface area contributed by atoms with Crippen LogP contribution in [0.1, 0.15) is 18.7 Å². The van der Waals surface area contributed by atoms with Crippen LogP contribution in [0.5, 0.6) is 0 Å². The SMILES string of the molecule is CC(N)c1csc(-c2cccc3ccccc23)n1. The average molecular weight is 254 g/mol. The maximum absolute atomic E-state index is 5.86. The van der Waals surface area contributed by atoms with Gasteiger partial charge in [-0.2, -0.15) is 0 Å². The molecule has 90 valence electrons. The lowest BCUT2D eigenvalue weighted by Gasteiger charge is -2.03. The van der Waals surface area contributed by atoms with Crippen LogP contribution in [0.3, 0.4) is 0 Å². The molecular formula is C15H14N2S. The summed E-state index contributed by atoms with van der Waals surface area (Å²) in [5.74, 6) is 0. The summed E-state index contributed by atoms with van der Waals surface area (Å²) in [6, 6.07) is 14.7. The van der Waals surface area contributed by atoms with Gasteiger partial charge < -0.3 is 5.73 Å². The van der Waals surface area contributed by atoms with E-state index in [9.17, 15) is 0 Å². The molecule has 0 aliphatic rings. The summed E-state index contributed by atoms with van der Waals surface area (Å²) < 4.78 is 0. The molecule has 0 saturated heterocycles. The predicted molar refractivity (Wildman–Crippen MR) is 77.7 cm³/mol. The number of thiazole rings is 1. The van der Waals surface area contributed by atoms with E-state index in [1.807, 2.05) is 12.3 Å². The Morgan fingerprint density at radius 1 is 1.11 bits per heavy atom. The summed E-state index contributed by atoms with van der Waals surface area (Å²) in [6.07, 6.45) is 0. The Morgan fingerprint density at radius 2 is 1.89 bits per heavy atom. The molecule has 1 heterocycles. The van der Waals surface area contributed by atoms with E-state index in [2.05, 4.69) is 47.4 Å². The highest BCUT2D eigenvalue weighted by Gasteiger charge is 2.09. The highest BCUT2D eigenvalue weighted by Crippen LogP contribution is 2.31. The smallest absolute Gasteiger partial charge is 0.124 e. The fourth-order valence-corrected chi connectivity index (χ4v) is 2.99. The van der Waals surface area contributed by atoms with Crippen molar-refractivity contribution >= 4 is 22.1 Å². The predicted octanol–water partition coefficient (Wildman–Crippen LogP) is 3.98. The normalized spacial score (nSPS) is 12.8. The third-order valence-electron chi connectivity index (χ3n) is 3.01. The fourth-order valence-electron chi connectivity index (χ4n) is 2.03. The van der Waals surface area contributed by atoms with E-state index in [1.54, 1.807) is 11.3 Å². The number of hydrogen-bond donors (Lipinski definition) is 1. The molecule has 0 fully saturated rings. The minimum absolute atomic E-state index is 0.00928. The monoisotopic (exact) mass is 254 g/mol. The number of fused-ring (bicyclic) bond motifs is 1. The van der Waals surface area contributed by atoms with E-state index in [0.717, 1.165) is 10.7 Å². The molecule has 0 radical (unpaired) electrons. The Morgan fingerprint density at radius 3 is 2.67 bits per heavy atom. The van der Waals surface area contributed by atoms with Crippen LogP contribution in [0.25, 0.3) is 21.3 Å². The topological polar surface area (TPSA) is 38.9 Å². The molecule has 2 aromatic carbocycles. The van der Waals surface area contributed by atoms with Gasteiger partial charge in [0.05, 0.1) is 5.69 Å². The van der Waals surface area contributed by atoms with Crippen molar-refractivity contribution in [3.8, 4) is 10.6 Å².